The second-order valence-electron chi connectivity index (χ2n) is 7.16. The van der Waals surface area contributed by atoms with Crippen LogP contribution in [0.15, 0.2) is 64.3 Å². The van der Waals surface area contributed by atoms with E-state index in [4.69, 9.17) is 0 Å². The number of anilines is 1. The van der Waals surface area contributed by atoms with Crippen LogP contribution < -0.4 is 4.90 Å². The third kappa shape index (κ3) is 3.27. The van der Waals surface area contributed by atoms with Crippen molar-refractivity contribution in [1.29, 1.82) is 0 Å². The Kier molecular flexibility index (Phi) is 5.00. The molecule has 0 spiro atoms. The number of ketones is 1. The fourth-order valence-electron chi connectivity index (χ4n) is 4.20. The average Bonchev–Trinajstić information content (AvgIpc) is 2.68. The average molecular weight is 424 g/mol. The fraction of sp³-hybridized carbons (Fsp3) is 0.304. The minimum Gasteiger partial charge on any atom is -0.294 e. The number of rotatable bonds is 3. The van der Waals surface area contributed by atoms with Crippen molar-refractivity contribution >= 4 is 33.3 Å². The normalized spacial score (nSPS) is 20.1. The molecule has 1 aliphatic carbocycles. The molecule has 4 heteroatoms. The van der Waals surface area contributed by atoms with E-state index in [0.29, 0.717) is 12.8 Å². The van der Waals surface area contributed by atoms with Crippen molar-refractivity contribution in [3.63, 3.8) is 0 Å². The Balaban J connectivity index is 1.84. The number of hydrogen-bond acceptors (Lipinski definition) is 2. The highest BCUT2D eigenvalue weighted by Crippen LogP contribution is 2.44. The first kappa shape index (κ1) is 18.2. The lowest BCUT2D eigenvalue weighted by Gasteiger charge is -2.38. The smallest absolute Gasteiger partial charge is 0.232 e. The molecule has 4 rings (SSSR count). The molecule has 0 bridgehead atoms. The summed E-state index contributed by atoms with van der Waals surface area (Å²) in [7, 11) is 0. The van der Waals surface area contributed by atoms with Gasteiger partial charge in [-0.15, -0.1) is 0 Å². The first-order chi connectivity index (χ1) is 13.1. The first-order valence-corrected chi connectivity index (χ1v) is 10.3. The van der Waals surface area contributed by atoms with E-state index in [9.17, 15) is 9.59 Å². The van der Waals surface area contributed by atoms with E-state index >= 15 is 0 Å². The summed E-state index contributed by atoms with van der Waals surface area (Å²) in [6, 6.07) is 16.0. The molecule has 0 fully saturated rings. The van der Waals surface area contributed by atoms with E-state index in [1.54, 1.807) is 4.90 Å². The van der Waals surface area contributed by atoms with Crippen LogP contribution in [0.3, 0.4) is 0 Å². The molecule has 2 aromatic carbocycles. The maximum atomic E-state index is 13.2. The molecule has 27 heavy (non-hydrogen) atoms. The van der Waals surface area contributed by atoms with Crippen LogP contribution in [0.2, 0.25) is 0 Å². The lowest BCUT2D eigenvalue weighted by molar-refractivity contribution is -0.119. The summed E-state index contributed by atoms with van der Waals surface area (Å²) in [6.45, 7) is 2.11. The maximum absolute atomic E-state index is 13.2. The highest BCUT2D eigenvalue weighted by molar-refractivity contribution is 9.10. The number of hydrogen-bond donors (Lipinski definition) is 0. The molecule has 2 aromatic rings. The van der Waals surface area contributed by atoms with Crippen molar-refractivity contribution in [2.45, 2.75) is 44.9 Å². The highest BCUT2D eigenvalue weighted by Gasteiger charge is 2.40. The summed E-state index contributed by atoms with van der Waals surface area (Å²) in [4.78, 5) is 27.9. The molecule has 1 amide bonds. The molecular weight excluding hydrogens is 402 g/mol. The second-order valence-corrected chi connectivity index (χ2v) is 8.02. The molecule has 0 radical (unpaired) electrons. The van der Waals surface area contributed by atoms with Crippen molar-refractivity contribution in [2.75, 3.05) is 4.90 Å². The molecule has 138 valence electrons. The number of halogens is 1. The molecular formula is C23H22BrNO2. The van der Waals surface area contributed by atoms with E-state index in [0.717, 1.165) is 46.3 Å². The SMILES string of the molecule is CCc1ccc(N2C(=O)CC(c3ccccc3Br)C3=C2CCCC3=O)cc1. The van der Waals surface area contributed by atoms with Gasteiger partial charge in [0.15, 0.2) is 5.78 Å². The Labute approximate surface area is 168 Å². The van der Waals surface area contributed by atoms with Crippen molar-refractivity contribution in [1.82, 2.24) is 0 Å². The number of Topliss-reactive ketones (excluding diaryl/α,β-unsaturated/α-hetero) is 1. The highest BCUT2D eigenvalue weighted by atomic mass is 79.9. The van der Waals surface area contributed by atoms with Crippen molar-refractivity contribution in [3.05, 3.63) is 75.4 Å². The summed E-state index contributed by atoms with van der Waals surface area (Å²) in [5.74, 6) is 0.0789. The first-order valence-electron chi connectivity index (χ1n) is 9.52. The zero-order valence-electron chi connectivity index (χ0n) is 15.4. The predicted octanol–water partition coefficient (Wildman–Crippen LogP) is 5.54. The van der Waals surface area contributed by atoms with Crippen molar-refractivity contribution < 1.29 is 9.59 Å². The second kappa shape index (κ2) is 7.43. The van der Waals surface area contributed by atoms with Gasteiger partial charge in [0.05, 0.1) is 0 Å². The van der Waals surface area contributed by atoms with Crippen LogP contribution in [-0.4, -0.2) is 11.7 Å². The van der Waals surface area contributed by atoms with Gasteiger partial charge in [-0.05, 0) is 48.6 Å². The van der Waals surface area contributed by atoms with E-state index in [1.165, 1.54) is 5.56 Å². The number of nitrogens with zero attached hydrogens (tertiary/aromatic N) is 1. The van der Waals surface area contributed by atoms with Crippen molar-refractivity contribution in [2.24, 2.45) is 0 Å². The van der Waals surface area contributed by atoms with Gasteiger partial charge in [-0.1, -0.05) is 53.2 Å². The van der Waals surface area contributed by atoms with Crippen LogP contribution in [0.4, 0.5) is 5.69 Å². The third-order valence-electron chi connectivity index (χ3n) is 5.56. The monoisotopic (exact) mass is 423 g/mol. The molecule has 1 heterocycles. The standard InChI is InChI=1S/C23H22BrNO2/c1-2-15-10-12-16(13-11-15)25-20-8-5-9-21(26)23(20)18(14-22(25)27)17-6-3-4-7-19(17)24/h3-4,6-7,10-13,18H,2,5,8-9,14H2,1H3. The Hall–Kier alpha value is -2.20. The van der Waals surface area contributed by atoms with Gasteiger partial charge >= 0.3 is 0 Å². The fourth-order valence-corrected chi connectivity index (χ4v) is 4.76. The van der Waals surface area contributed by atoms with Crippen LogP contribution in [0.25, 0.3) is 0 Å². The minimum atomic E-state index is -0.165. The van der Waals surface area contributed by atoms with Gasteiger partial charge in [-0.25, -0.2) is 0 Å². The largest absolute Gasteiger partial charge is 0.294 e. The summed E-state index contributed by atoms with van der Waals surface area (Å²) in [5.41, 5.74) is 4.85. The van der Waals surface area contributed by atoms with Crippen molar-refractivity contribution in [3.8, 4) is 0 Å². The molecule has 0 N–H and O–H groups in total. The number of carbonyl (C=O) groups is 2. The Bertz CT molecular complexity index is 930. The van der Waals surface area contributed by atoms with E-state index < -0.39 is 0 Å². The molecule has 1 atom stereocenters. The number of benzene rings is 2. The lowest BCUT2D eigenvalue weighted by Crippen LogP contribution is -2.40. The number of carbonyl (C=O) groups excluding carboxylic acids is 2. The van der Waals surface area contributed by atoms with Gasteiger partial charge in [0.2, 0.25) is 5.91 Å². The number of amides is 1. The summed E-state index contributed by atoms with van der Waals surface area (Å²) < 4.78 is 0.953. The Morgan fingerprint density at radius 2 is 1.78 bits per heavy atom. The molecule has 0 aromatic heterocycles. The molecule has 0 saturated carbocycles. The zero-order valence-corrected chi connectivity index (χ0v) is 17.0. The minimum absolute atomic E-state index is 0.0634. The van der Waals surface area contributed by atoms with Crippen LogP contribution in [0.5, 0.6) is 0 Å². The molecule has 0 saturated heterocycles. The number of aryl methyl sites for hydroxylation is 1. The molecule has 1 aliphatic heterocycles. The topological polar surface area (TPSA) is 37.4 Å². The summed E-state index contributed by atoms with van der Waals surface area (Å²) >= 11 is 3.61. The van der Waals surface area contributed by atoms with Gasteiger partial charge in [0.25, 0.3) is 0 Å². The summed E-state index contributed by atoms with van der Waals surface area (Å²) in [6.07, 6.45) is 3.42. The van der Waals surface area contributed by atoms with E-state index in [2.05, 4.69) is 35.0 Å². The van der Waals surface area contributed by atoms with Crippen LogP contribution in [0.1, 0.15) is 49.7 Å². The maximum Gasteiger partial charge on any atom is 0.232 e. The Morgan fingerprint density at radius 1 is 1.04 bits per heavy atom. The summed E-state index contributed by atoms with van der Waals surface area (Å²) in [5, 5.41) is 0. The predicted molar refractivity (Wildman–Crippen MR) is 111 cm³/mol. The van der Waals surface area contributed by atoms with E-state index in [-0.39, 0.29) is 17.6 Å². The van der Waals surface area contributed by atoms with E-state index in [1.807, 2.05) is 36.4 Å². The van der Waals surface area contributed by atoms with Gasteiger partial charge in [0, 0.05) is 40.2 Å². The lowest BCUT2D eigenvalue weighted by atomic mass is 9.77. The molecule has 3 nitrogen and oxygen atoms in total. The van der Waals surface area contributed by atoms with Crippen LogP contribution in [0, 0.1) is 0 Å². The van der Waals surface area contributed by atoms with Gasteiger partial charge in [-0.2, -0.15) is 0 Å². The van der Waals surface area contributed by atoms with Crippen LogP contribution in [-0.2, 0) is 16.0 Å². The third-order valence-corrected chi connectivity index (χ3v) is 6.28. The van der Waals surface area contributed by atoms with Gasteiger partial charge in [-0.3, -0.25) is 14.5 Å². The van der Waals surface area contributed by atoms with Gasteiger partial charge < -0.3 is 0 Å². The number of allylic oxidation sites excluding steroid dienone is 2. The van der Waals surface area contributed by atoms with Gasteiger partial charge in [0.1, 0.15) is 0 Å². The zero-order chi connectivity index (χ0) is 19.0. The molecule has 1 unspecified atom stereocenters. The quantitative estimate of drug-likeness (QED) is 0.649. The molecule has 2 aliphatic rings. The van der Waals surface area contributed by atoms with Crippen LogP contribution >= 0.6 is 15.9 Å². The Morgan fingerprint density at radius 3 is 2.48 bits per heavy atom.